The highest BCUT2D eigenvalue weighted by atomic mass is 32.2. The van der Waals surface area contributed by atoms with Crippen LogP contribution in [0.5, 0.6) is 0 Å². The van der Waals surface area contributed by atoms with Crippen molar-refractivity contribution in [3.63, 3.8) is 0 Å². The Kier molecular flexibility index (Phi) is 4.51. The fourth-order valence-electron chi connectivity index (χ4n) is 2.03. The van der Waals surface area contributed by atoms with Crippen molar-refractivity contribution in [1.82, 2.24) is 9.71 Å². The molecule has 1 aliphatic rings. The summed E-state index contributed by atoms with van der Waals surface area (Å²) in [6.45, 7) is 3.37. The lowest BCUT2D eigenvalue weighted by Gasteiger charge is -2.14. The molecular weight excluding hydrogens is 266 g/mol. The molecular formula is C12H19N3O3S. The molecule has 0 spiro atoms. The van der Waals surface area contributed by atoms with Gasteiger partial charge in [0.25, 0.3) is 10.0 Å². The standard InChI is InChI=1S/C12H19N3O3S/c1-9-11(4-5-18-9)8-15-19(16,17)12-3-2-10(6-13)7-14-12/h2-3,7,9,11,15H,4-6,8,13H2,1H3. The molecule has 1 fully saturated rings. The van der Waals surface area contributed by atoms with Gasteiger partial charge in [0.1, 0.15) is 0 Å². The Morgan fingerprint density at radius 2 is 2.32 bits per heavy atom. The van der Waals surface area contributed by atoms with Crippen LogP contribution in [0, 0.1) is 5.92 Å². The van der Waals surface area contributed by atoms with Gasteiger partial charge in [0.05, 0.1) is 6.10 Å². The fraction of sp³-hybridized carbons (Fsp3) is 0.583. The number of sulfonamides is 1. The van der Waals surface area contributed by atoms with Gasteiger partial charge in [-0.15, -0.1) is 0 Å². The lowest BCUT2D eigenvalue weighted by Crippen LogP contribution is -2.32. The first-order valence-corrected chi connectivity index (χ1v) is 7.77. The Bertz CT molecular complexity index is 516. The van der Waals surface area contributed by atoms with Crippen LogP contribution in [0.3, 0.4) is 0 Å². The lowest BCUT2D eigenvalue weighted by molar-refractivity contribution is 0.107. The van der Waals surface area contributed by atoms with E-state index in [4.69, 9.17) is 10.5 Å². The second-order valence-corrected chi connectivity index (χ2v) is 6.40. The van der Waals surface area contributed by atoms with Crippen LogP contribution in [0.1, 0.15) is 18.9 Å². The fourth-order valence-corrected chi connectivity index (χ4v) is 3.05. The number of ether oxygens (including phenoxy) is 1. The minimum atomic E-state index is -3.55. The summed E-state index contributed by atoms with van der Waals surface area (Å²) < 4.78 is 32.1. The maximum atomic E-state index is 12.0. The van der Waals surface area contributed by atoms with Crippen molar-refractivity contribution in [1.29, 1.82) is 0 Å². The SMILES string of the molecule is CC1OCCC1CNS(=O)(=O)c1ccc(CN)cn1. The van der Waals surface area contributed by atoms with Gasteiger partial charge < -0.3 is 10.5 Å². The number of nitrogens with zero attached hydrogens (tertiary/aromatic N) is 1. The van der Waals surface area contributed by atoms with Crippen LogP contribution in [-0.4, -0.2) is 32.7 Å². The van der Waals surface area contributed by atoms with E-state index in [9.17, 15) is 8.42 Å². The molecule has 7 heteroatoms. The zero-order valence-electron chi connectivity index (χ0n) is 10.9. The quantitative estimate of drug-likeness (QED) is 0.808. The second-order valence-electron chi connectivity index (χ2n) is 4.69. The van der Waals surface area contributed by atoms with Crippen molar-refractivity contribution in [2.24, 2.45) is 11.7 Å². The van der Waals surface area contributed by atoms with Crippen LogP contribution in [0.25, 0.3) is 0 Å². The Labute approximate surface area is 113 Å². The molecule has 0 saturated carbocycles. The molecule has 6 nitrogen and oxygen atoms in total. The Hall–Kier alpha value is -1.02. The first-order chi connectivity index (χ1) is 9.03. The number of pyridine rings is 1. The number of hydrogen-bond acceptors (Lipinski definition) is 5. The number of nitrogens with one attached hydrogen (secondary N) is 1. The third-order valence-corrected chi connectivity index (χ3v) is 4.72. The molecule has 2 rings (SSSR count). The van der Waals surface area contributed by atoms with Gasteiger partial charge in [-0.05, 0) is 25.0 Å². The number of rotatable bonds is 5. The van der Waals surface area contributed by atoms with Crippen molar-refractivity contribution >= 4 is 10.0 Å². The predicted molar refractivity (Wildman–Crippen MR) is 70.8 cm³/mol. The van der Waals surface area contributed by atoms with Crippen LogP contribution in [0.2, 0.25) is 0 Å². The molecule has 0 radical (unpaired) electrons. The van der Waals surface area contributed by atoms with E-state index >= 15 is 0 Å². The molecule has 0 amide bonds. The number of aromatic nitrogens is 1. The molecule has 0 aliphatic carbocycles. The summed E-state index contributed by atoms with van der Waals surface area (Å²) in [6, 6.07) is 3.14. The molecule has 0 aromatic carbocycles. The molecule has 1 aliphatic heterocycles. The van der Waals surface area contributed by atoms with Crippen LogP contribution in [0.4, 0.5) is 0 Å². The largest absolute Gasteiger partial charge is 0.378 e. The number of nitrogens with two attached hydrogens (primary N) is 1. The zero-order chi connectivity index (χ0) is 13.9. The molecule has 2 unspecified atom stereocenters. The van der Waals surface area contributed by atoms with E-state index in [2.05, 4.69) is 9.71 Å². The lowest BCUT2D eigenvalue weighted by atomic mass is 10.0. The molecule has 106 valence electrons. The molecule has 0 bridgehead atoms. The summed E-state index contributed by atoms with van der Waals surface area (Å²) in [5, 5.41) is 0.0243. The van der Waals surface area contributed by atoms with Crippen LogP contribution < -0.4 is 10.5 Å². The first-order valence-electron chi connectivity index (χ1n) is 6.29. The third kappa shape index (κ3) is 3.50. The molecule has 2 heterocycles. The van der Waals surface area contributed by atoms with E-state index < -0.39 is 10.0 Å². The van der Waals surface area contributed by atoms with Gasteiger partial charge in [-0.2, -0.15) is 0 Å². The molecule has 1 aromatic rings. The average Bonchev–Trinajstić information content (AvgIpc) is 2.82. The summed E-state index contributed by atoms with van der Waals surface area (Å²) in [6.07, 6.45) is 2.45. The first kappa shape index (κ1) is 14.4. The maximum Gasteiger partial charge on any atom is 0.258 e. The third-order valence-electron chi connectivity index (χ3n) is 3.38. The highest BCUT2D eigenvalue weighted by Gasteiger charge is 2.26. The van der Waals surface area contributed by atoms with Gasteiger partial charge in [0, 0.05) is 31.8 Å². The van der Waals surface area contributed by atoms with Gasteiger partial charge in [-0.1, -0.05) is 6.07 Å². The van der Waals surface area contributed by atoms with E-state index in [-0.39, 0.29) is 17.0 Å². The van der Waals surface area contributed by atoms with Gasteiger partial charge in [0.2, 0.25) is 0 Å². The Morgan fingerprint density at radius 1 is 1.53 bits per heavy atom. The van der Waals surface area contributed by atoms with Crippen LogP contribution in [-0.2, 0) is 21.3 Å². The van der Waals surface area contributed by atoms with E-state index in [1.54, 1.807) is 6.07 Å². The summed E-state index contributed by atoms with van der Waals surface area (Å²) in [4.78, 5) is 3.92. The van der Waals surface area contributed by atoms with Crippen molar-refractivity contribution < 1.29 is 13.2 Å². The molecule has 1 aromatic heterocycles. The van der Waals surface area contributed by atoms with E-state index in [0.717, 1.165) is 12.0 Å². The Morgan fingerprint density at radius 3 is 2.84 bits per heavy atom. The smallest absolute Gasteiger partial charge is 0.258 e. The van der Waals surface area contributed by atoms with Gasteiger partial charge >= 0.3 is 0 Å². The van der Waals surface area contributed by atoms with Crippen molar-refractivity contribution in [2.45, 2.75) is 31.0 Å². The van der Waals surface area contributed by atoms with E-state index in [1.807, 2.05) is 6.92 Å². The summed E-state index contributed by atoms with van der Waals surface area (Å²) in [5.41, 5.74) is 6.25. The summed E-state index contributed by atoms with van der Waals surface area (Å²) >= 11 is 0. The van der Waals surface area contributed by atoms with Gasteiger partial charge in [-0.25, -0.2) is 18.1 Å². The Balaban J connectivity index is 2.01. The molecule has 1 saturated heterocycles. The van der Waals surface area contributed by atoms with E-state index in [1.165, 1.54) is 12.3 Å². The monoisotopic (exact) mass is 285 g/mol. The minimum absolute atomic E-state index is 0.0243. The second kappa shape index (κ2) is 5.96. The zero-order valence-corrected chi connectivity index (χ0v) is 11.7. The van der Waals surface area contributed by atoms with Gasteiger partial charge in [-0.3, -0.25) is 0 Å². The number of hydrogen-bond donors (Lipinski definition) is 2. The normalized spacial score (nSPS) is 23.7. The van der Waals surface area contributed by atoms with Crippen LogP contribution >= 0.6 is 0 Å². The predicted octanol–water partition coefficient (Wildman–Crippen LogP) is 0.244. The van der Waals surface area contributed by atoms with Gasteiger partial charge in [0.15, 0.2) is 5.03 Å². The summed E-state index contributed by atoms with van der Waals surface area (Å²) in [7, 11) is -3.55. The van der Waals surface area contributed by atoms with Crippen LogP contribution in [0.15, 0.2) is 23.4 Å². The van der Waals surface area contributed by atoms with Crippen molar-refractivity contribution in [3.05, 3.63) is 23.9 Å². The average molecular weight is 285 g/mol. The maximum absolute atomic E-state index is 12.0. The molecule has 2 atom stereocenters. The highest BCUT2D eigenvalue weighted by molar-refractivity contribution is 7.89. The minimum Gasteiger partial charge on any atom is -0.378 e. The molecule has 19 heavy (non-hydrogen) atoms. The van der Waals surface area contributed by atoms with E-state index in [0.29, 0.717) is 19.7 Å². The topological polar surface area (TPSA) is 94.3 Å². The summed E-state index contributed by atoms with van der Waals surface area (Å²) in [5.74, 6) is 0.220. The van der Waals surface area contributed by atoms with Crippen molar-refractivity contribution in [3.8, 4) is 0 Å². The highest BCUT2D eigenvalue weighted by Crippen LogP contribution is 2.20. The molecule has 3 N–H and O–H groups in total. The van der Waals surface area contributed by atoms with Crippen molar-refractivity contribution in [2.75, 3.05) is 13.2 Å².